The van der Waals surface area contributed by atoms with Crippen molar-refractivity contribution < 1.29 is 9.18 Å². The number of aryl methyl sites for hydroxylation is 3. The topological polar surface area (TPSA) is 17.1 Å². The number of benzene rings is 2. The summed E-state index contributed by atoms with van der Waals surface area (Å²) in [7, 11) is 0. The lowest BCUT2D eigenvalue weighted by molar-refractivity contribution is 0.103. The first-order chi connectivity index (χ1) is 8.90. The van der Waals surface area contributed by atoms with E-state index in [0.29, 0.717) is 22.3 Å². The van der Waals surface area contributed by atoms with Gasteiger partial charge < -0.3 is 0 Å². The van der Waals surface area contributed by atoms with Crippen molar-refractivity contribution >= 4 is 21.7 Å². The Labute approximate surface area is 120 Å². The summed E-state index contributed by atoms with van der Waals surface area (Å²) in [4.78, 5) is 12.4. The first-order valence-corrected chi connectivity index (χ1v) is 6.77. The largest absolute Gasteiger partial charge is 0.289 e. The molecule has 0 N–H and O–H groups in total. The summed E-state index contributed by atoms with van der Waals surface area (Å²) in [5.74, 6) is -0.328. The van der Waals surface area contributed by atoms with Crippen molar-refractivity contribution in [2.75, 3.05) is 0 Å². The molecule has 0 radical (unpaired) electrons. The standard InChI is InChI=1S/C16H14BrFO/c1-9-6-12(4-5-14(9)17)16(19)13-7-10(2)15(18)11(3)8-13/h4-8H,1-3H3. The maximum Gasteiger partial charge on any atom is 0.193 e. The summed E-state index contributed by atoms with van der Waals surface area (Å²) in [6.07, 6.45) is 0. The molecule has 1 nitrogen and oxygen atoms in total. The van der Waals surface area contributed by atoms with E-state index in [2.05, 4.69) is 15.9 Å². The molecule has 0 saturated heterocycles. The van der Waals surface area contributed by atoms with Gasteiger partial charge in [0.1, 0.15) is 5.82 Å². The summed E-state index contributed by atoms with van der Waals surface area (Å²) in [5.41, 5.74) is 3.14. The minimum atomic E-state index is -0.247. The highest BCUT2D eigenvalue weighted by atomic mass is 79.9. The third-order valence-corrected chi connectivity index (χ3v) is 4.01. The monoisotopic (exact) mass is 320 g/mol. The highest BCUT2D eigenvalue weighted by molar-refractivity contribution is 9.10. The molecule has 19 heavy (non-hydrogen) atoms. The van der Waals surface area contributed by atoms with Crippen molar-refractivity contribution in [2.45, 2.75) is 20.8 Å². The van der Waals surface area contributed by atoms with E-state index < -0.39 is 0 Å². The van der Waals surface area contributed by atoms with Gasteiger partial charge in [-0.05, 0) is 67.8 Å². The van der Waals surface area contributed by atoms with Crippen LogP contribution in [0.15, 0.2) is 34.8 Å². The van der Waals surface area contributed by atoms with E-state index in [-0.39, 0.29) is 11.6 Å². The zero-order valence-electron chi connectivity index (χ0n) is 11.1. The van der Waals surface area contributed by atoms with E-state index in [4.69, 9.17) is 0 Å². The quantitative estimate of drug-likeness (QED) is 0.730. The highest BCUT2D eigenvalue weighted by Crippen LogP contribution is 2.21. The zero-order chi connectivity index (χ0) is 14.2. The first-order valence-electron chi connectivity index (χ1n) is 5.97. The van der Waals surface area contributed by atoms with Gasteiger partial charge in [-0.2, -0.15) is 0 Å². The average molecular weight is 321 g/mol. The van der Waals surface area contributed by atoms with E-state index in [9.17, 15) is 9.18 Å². The Morgan fingerprint density at radius 2 is 1.47 bits per heavy atom. The number of carbonyl (C=O) groups excluding carboxylic acids is 1. The molecule has 0 atom stereocenters. The Balaban J connectivity index is 2.47. The molecule has 2 aromatic carbocycles. The number of carbonyl (C=O) groups is 1. The lowest BCUT2D eigenvalue weighted by atomic mass is 9.98. The predicted octanol–water partition coefficient (Wildman–Crippen LogP) is 4.74. The smallest absolute Gasteiger partial charge is 0.193 e. The van der Waals surface area contributed by atoms with Crippen LogP contribution in [0.4, 0.5) is 4.39 Å². The van der Waals surface area contributed by atoms with Gasteiger partial charge in [-0.1, -0.05) is 15.9 Å². The molecule has 0 saturated carbocycles. The summed E-state index contributed by atoms with van der Waals surface area (Å²) in [5, 5.41) is 0. The van der Waals surface area contributed by atoms with Crippen molar-refractivity contribution in [1.29, 1.82) is 0 Å². The Morgan fingerprint density at radius 3 is 2.00 bits per heavy atom. The van der Waals surface area contributed by atoms with Gasteiger partial charge >= 0.3 is 0 Å². The lowest BCUT2D eigenvalue weighted by Gasteiger charge is -2.07. The molecule has 2 rings (SSSR count). The number of ketones is 1. The first kappa shape index (κ1) is 13.9. The normalized spacial score (nSPS) is 10.6. The van der Waals surface area contributed by atoms with Gasteiger partial charge in [0.2, 0.25) is 0 Å². The van der Waals surface area contributed by atoms with Crippen LogP contribution >= 0.6 is 15.9 Å². The maximum atomic E-state index is 13.6. The fraction of sp³-hybridized carbons (Fsp3) is 0.188. The van der Waals surface area contributed by atoms with Crippen molar-refractivity contribution in [2.24, 2.45) is 0 Å². The van der Waals surface area contributed by atoms with Crippen molar-refractivity contribution in [3.05, 3.63) is 68.4 Å². The molecule has 98 valence electrons. The molecule has 2 aromatic rings. The molecule has 0 aromatic heterocycles. The van der Waals surface area contributed by atoms with Crippen molar-refractivity contribution in [3.8, 4) is 0 Å². The Kier molecular flexibility index (Phi) is 3.85. The number of halogens is 2. The summed E-state index contributed by atoms with van der Waals surface area (Å²) < 4.78 is 14.5. The molecule has 0 fully saturated rings. The second-order valence-electron chi connectivity index (χ2n) is 4.72. The summed E-state index contributed by atoms with van der Waals surface area (Å²) in [6.45, 7) is 5.28. The van der Waals surface area contributed by atoms with Gasteiger partial charge in [0.25, 0.3) is 0 Å². The number of rotatable bonds is 2. The van der Waals surface area contributed by atoms with E-state index in [1.54, 1.807) is 32.0 Å². The molecular weight excluding hydrogens is 307 g/mol. The van der Waals surface area contributed by atoms with Gasteiger partial charge in [0.05, 0.1) is 0 Å². The second-order valence-corrected chi connectivity index (χ2v) is 5.57. The van der Waals surface area contributed by atoms with E-state index in [1.807, 2.05) is 19.1 Å². The minimum Gasteiger partial charge on any atom is -0.289 e. The van der Waals surface area contributed by atoms with Crippen LogP contribution in [-0.4, -0.2) is 5.78 Å². The van der Waals surface area contributed by atoms with Crippen LogP contribution in [0.5, 0.6) is 0 Å². The molecule has 0 amide bonds. The Bertz CT molecular complexity index is 639. The second kappa shape index (κ2) is 5.25. The molecule has 0 spiro atoms. The van der Waals surface area contributed by atoms with Crippen molar-refractivity contribution in [3.63, 3.8) is 0 Å². The van der Waals surface area contributed by atoms with Gasteiger partial charge in [-0.3, -0.25) is 4.79 Å². The minimum absolute atomic E-state index is 0.0817. The van der Waals surface area contributed by atoms with Gasteiger partial charge in [0.15, 0.2) is 5.78 Å². The van der Waals surface area contributed by atoms with E-state index in [0.717, 1.165) is 10.0 Å². The van der Waals surface area contributed by atoms with Crippen LogP contribution in [0.3, 0.4) is 0 Å². The maximum absolute atomic E-state index is 13.6. The molecular formula is C16H14BrFO. The third-order valence-electron chi connectivity index (χ3n) is 3.12. The lowest BCUT2D eigenvalue weighted by Crippen LogP contribution is -2.04. The summed E-state index contributed by atoms with van der Waals surface area (Å²) >= 11 is 3.41. The molecule has 0 bridgehead atoms. The van der Waals surface area contributed by atoms with Crippen LogP contribution < -0.4 is 0 Å². The molecule has 0 aliphatic carbocycles. The molecule has 0 aliphatic heterocycles. The van der Waals surface area contributed by atoms with Gasteiger partial charge in [-0.15, -0.1) is 0 Å². The van der Waals surface area contributed by atoms with Gasteiger partial charge in [-0.25, -0.2) is 4.39 Å². The molecule has 3 heteroatoms. The summed E-state index contributed by atoms with van der Waals surface area (Å²) in [6, 6.07) is 8.66. The SMILES string of the molecule is Cc1cc(C(=O)c2cc(C)c(F)c(C)c2)ccc1Br. The Morgan fingerprint density at radius 1 is 0.947 bits per heavy atom. The van der Waals surface area contributed by atoms with E-state index in [1.165, 1.54) is 0 Å². The van der Waals surface area contributed by atoms with Crippen LogP contribution in [0.2, 0.25) is 0 Å². The molecule has 0 aliphatic rings. The van der Waals surface area contributed by atoms with Crippen LogP contribution in [0.25, 0.3) is 0 Å². The van der Waals surface area contributed by atoms with Crippen LogP contribution in [0.1, 0.15) is 32.6 Å². The highest BCUT2D eigenvalue weighted by Gasteiger charge is 2.13. The molecule has 0 unspecified atom stereocenters. The van der Waals surface area contributed by atoms with Crippen LogP contribution in [-0.2, 0) is 0 Å². The van der Waals surface area contributed by atoms with Crippen LogP contribution in [0, 0.1) is 26.6 Å². The fourth-order valence-electron chi connectivity index (χ4n) is 2.03. The third kappa shape index (κ3) is 2.76. The Hall–Kier alpha value is -1.48. The van der Waals surface area contributed by atoms with Gasteiger partial charge in [0, 0.05) is 15.6 Å². The van der Waals surface area contributed by atoms with E-state index >= 15 is 0 Å². The molecule has 0 heterocycles. The number of hydrogen-bond acceptors (Lipinski definition) is 1. The fourth-order valence-corrected chi connectivity index (χ4v) is 2.28. The van der Waals surface area contributed by atoms with Crippen molar-refractivity contribution in [1.82, 2.24) is 0 Å². The average Bonchev–Trinajstić information content (AvgIpc) is 2.37. The zero-order valence-corrected chi connectivity index (χ0v) is 12.6. The predicted molar refractivity (Wildman–Crippen MR) is 78.2 cm³/mol. The number of hydrogen-bond donors (Lipinski definition) is 0.